The summed E-state index contributed by atoms with van der Waals surface area (Å²) in [6.45, 7) is 3.86. The summed E-state index contributed by atoms with van der Waals surface area (Å²) in [5.41, 5.74) is -0.861. The van der Waals surface area contributed by atoms with Crippen molar-refractivity contribution >= 4 is 11.5 Å². The average Bonchev–Trinajstić information content (AvgIpc) is 2.27. The number of hydrogen-bond acceptors (Lipinski definition) is 5. The normalized spacial score (nSPS) is 14.2. The molecule has 0 aliphatic heterocycles. The molecule has 0 aliphatic rings. The lowest BCUT2D eigenvalue weighted by Gasteiger charge is -2.21. The van der Waals surface area contributed by atoms with Crippen LogP contribution in [0.5, 0.6) is 0 Å². The Labute approximate surface area is 93.5 Å². The van der Waals surface area contributed by atoms with Gasteiger partial charge < -0.3 is 10.4 Å². The maximum absolute atomic E-state index is 10.5. The highest BCUT2D eigenvalue weighted by atomic mass is 16.6. The van der Waals surface area contributed by atoms with E-state index in [-0.39, 0.29) is 5.69 Å². The van der Waals surface area contributed by atoms with E-state index >= 15 is 0 Å². The SMILES string of the molecule is CCC(C)(O)CNc1cc([N+](=O)[O-])ccn1. The van der Waals surface area contributed by atoms with E-state index in [2.05, 4.69) is 10.3 Å². The number of rotatable bonds is 5. The van der Waals surface area contributed by atoms with Crippen LogP contribution in [0.4, 0.5) is 11.5 Å². The highest BCUT2D eigenvalue weighted by Crippen LogP contribution is 2.15. The Kier molecular flexibility index (Phi) is 3.78. The largest absolute Gasteiger partial charge is 0.388 e. The second-order valence-corrected chi connectivity index (χ2v) is 3.86. The topological polar surface area (TPSA) is 88.3 Å². The van der Waals surface area contributed by atoms with Crippen molar-refractivity contribution in [2.24, 2.45) is 0 Å². The second kappa shape index (κ2) is 4.89. The van der Waals surface area contributed by atoms with Crippen LogP contribution in [0, 0.1) is 10.1 Å². The van der Waals surface area contributed by atoms with Crippen molar-refractivity contribution in [1.29, 1.82) is 0 Å². The van der Waals surface area contributed by atoms with Gasteiger partial charge in [-0.3, -0.25) is 10.1 Å². The van der Waals surface area contributed by atoms with E-state index in [9.17, 15) is 15.2 Å². The van der Waals surface area contributed by atoms with Gasteiger partial charge in [0.05, 0.1) is 16.6 Å². The fraction of sp³-hybridized carbons (Fsp3) is 0.500. The molecule has 1 rings (SSSR count). The van der Waals surface area contributed by atoms with Gasteiger partial charge in [0.15, 0.2) is 0 Å². The van der Waals surface area contributed by atoms with E-state index in [0.29, 0.717) is 18.8 Å². The molecule has 0 aromatic carbocycles. The Morgan fingerprint density at radius 3 is 2.94 bits per heavy atom. The molecule has 0 aliphatic carbocycles. The minimum absolute atomic E-state index is 0.0198. The molecule has 0 amide bonds. The number of pyridine rings is 1. The molecular formula is C10H15N3O3. The Bertz CT molecular complexity index is 379. The fourth-order valence-corrected chi connectivity index (χ4v) is 1.04. The molecular weight excluding hydrogens is 210 g/mol. The van der Waals surface area contributed by atoms with Crippen LogP contribution in [0.2, 0.25) is 0 Å². The minimum Gasteiger partial charge on any atom is -0.388 e. The van der Waals surface area contributed by atoms with Crippen molar-refractivity contribution in [1.82, 2.24) is 4.98 Å². The molecule has 0 spiro atoms. The molecule has 1 heterocycles. The summed E-state index contributed by atoms with van der Waals surface area (Å²) in [5.74, 6) is 0.392. The zero-order chi connectivity index (χ0) is 12.2. The molecule has 16 heavy (non-hydrogen) atoms. The molecule has 6 nitrogen and oxygen atoms in total. The molecule has 6 heteroatoms. The van der Waals surface area contributed by atoms with E-state index < -0.39 is 10.5 Å². The van der Waals surface area contributed by atoms with Crippen LogP contribution in [-0.2, 0) is 0 Å². The van der Waals surface area contributed by atoms with Crippen molar-refractivity contribution in [3.05, 3.63) is 28.4 Å². The first-order valence-electron chi connectivity index (χ1n) is 5.01. The van der Waals surface area contributed by atoms with Gasteiger partial charge in [-0.15, -0.1) is 0 Å². The molecule has 2 N–H and O–H groups in total. The Morgan fingerprint density at radius 2 is 2.38 bits per heavy atom. The lowest BCUT2D eigenvalue weighted by Crippen LogP contribution is -2.32. The highest BCUT2D eigenvalue weighted by molar-refractivity contribution is 5.44. The average molecular weight is 225 g/mol. The molecule has 1 atom stereocenters. The predicted molar refractivity (Wildman–Crippen MR) is 60.3 cm³/mol. The fourth-order valence-electron chi connectivity index (χ4n) is 1.04. The van der Waals surface area contributed by atoms with Crippen LogP contribution in [0.25, 0.3) is 0 Å². The quantitative estimate of drug-likeness (QED) is 0.586. The van der Waals surface area contributed by atoms with E-state index in [1.807, 2.05) is 6.92 Å². The van der Waals surface area contributed by atoms with Crippen LogP contribution in [-0.4, -0.2) is 27.2 Å². The van der Waals surface area contributed by atoms with Crippen molar-refractivity contribution in [2.45, 2.75) is 25.9 Å². The van der Waals surface area contributed by atoms with E-state index in [1.54, 1.807) is 6.92 Å². The van der Waals surface area contributed by atoms with Crippen molar-refractivity contribution in [3.8, 4) is 0 Å². The molecule has 1 aromatic heterocycles. The maximum Gasteiger partial charge on any atom is 0.274 e. The number of nitro groups is 1. The number of aliphatic hydroxyl groups is 1. The summed E-state index contributed by atoms with van der Waals surface area (Å²) in [7, 11) is 0. The molecule has 0 bridgehead atoms. The van der Waals surface area contributed by atoms with Crippen LogP contribution < -0.4 is 5.32 Å². The van der Waals surface area contributed by atoms with E-state index in [0.717, 1.165) is 0 Å². The summed E-state index contributed by atoms with van der Waals surface area (Å²) in [6, 6.07) is 2.66. The molecule has 0 fully saturated rings. The van der Waals surface area contributed by atoms with Gasteiger partial charge >= 0.3 is 0 Å². The van der Waals surface area contributed by atoms with Crippen molar-refractivity contribution in [3.63, 3.8) is 0 Å². The number of aromatic nitrogens is 1. The number of nitrogens with zero attached hydrogens (tertiary/aromatic N) is 2. The monoisotopic (exact) mass is 225 g/mol. The van der Waals surface area contributed by atoms with Gasteiger partial charge in [0.2, 0.25) is 0 Å². The van der Waals surface area contributed by atoms with Gasteiger partial charge in [-0.25, -0.2) is 4.98 Å². The molecule has 0 saturated carbocycles. The van der Waals surface area contributed by atoms with Crippen LogP contribution in [0.1, 0.15) is 20.3 Å². The van der Waals surface area contributed by atoms with Gasteiger partial charge in [0, 0.05) is 18.8 Å². The first-order chi connectivity index (χ1) is 7.44. The van der Waals surface area contributed by atoms with Gasteiger partial charge in [-0.2, -0.15) is 0 Å². The minimum atomic E-state index is -0.841. The summed E-state index contributed by atoms with van der Waals surface area (Å²) in [5, 5.41) is 23.1. The zero-order valence-electron chi connectivity index (χ0n) is 9.30. The standard InChI is InChI=1S/C10H15N3O3/c1-3-10(2,14)7-12-9-6-8(13(15)16)4-5-11-9/h4-6,14H,3,7H2,1-2H3,(H,11,12). The first-order valence-corrected chi connectivity index (χ1v) is 5.01. The molecule has 0 radical (unpaired) electrons. The number of anilines is 1. The third-order valence-electron chi connectivity index (χ3n) is 2.37. The number of hydrogen-bond donors (Lipinski definition) is 2. The summed E-state index contributed by atoms with van der Waals surface area (Å²) in [6.07, 6.45) is 1.95. The van der Waals surface area contributed by atoms with Crippen LogP contribution in [0.3, 0.4) is 0 Å². The predicted octanol–water partition coefficient (Wildman–Crippen LogP) is 1.56. The van der Waals surface area contributed by atoms with Gasteiger partial charge in [-0.05, 0) is 13.3 Å². The Morgan fingerprint density at radius 1 is 1.69 bits per heavy atom. The van der Waals surface area contributed by atoms with Crippen molar-refractivity contribution in [2.75, 3.05) is 11.9 Å². The van der Waals surface area contributed by atoms with E-state index in [1.165, 1.54) is 18.3 Å². The van der Waals surface area contributed by atoms with Gasteiger partial charge in [0.1, 0.15) is 5.82 Å². The first kappa shape index (κ1) is 12.4. The second-order valence-electron chi connectivity index (χ2n) is 3.86. The van der Waals surface area contributed by atoms with E-state index in [4.69, 9.17) is 0 Å². The summed E-state index contributed by atoms with van der Waals surface area (Å²) in [4.78, 5) is 14.0. The zero-order valence-corrected chi connectivity index (χ0v) is 9.30. The Balaban J connectivity index is 2.68. The van der Waals surface area contributed by atoms with Gasteiger partial charge in [-0.1, -0.05) is 6.92 Å². The lowest BCUT2D eigenvalue weighted by molar-refractivity contribution is -0.384. The Hall–Kier alpha value is -1.69. The summed E-state index contributed by atoms with van der Waals surface area (Å²) < 4.78 is 0. The van der Waals surface area contributed by atoms with Crippen molar-refractivity contribution < 1.29 is 10.0 Å². The number of nitrogens with one attached hydrogen (secondary N) is 1. The molecule has 88 valence electrons. The van der Waals surface area contributed by atoms with Crippen LogP contribution >= 0.6 is 0 Å². The lowest BCUT2D eigenvalue weighted by atomic mass is 10.0. The van der Waals surface area contributed by atoms with Gasteiger partial charge in [0.25, 0.3) is 5.69 Å². The highest BCUT2D eigenvalue weighted by Gasteiger charge is 2.17. The molecule has 0 saturated heterocycles. The molecule has 1 aromatic rings. The third kappa shape index (κ3) is 3.47. The third-order valence-corrected chi connectivity index (χ3v) is 2.37. The van der Waals surface area contributed by atoms with Crippen LogP contribution in [0.15, 0.2) is 18.3 Å². The maximum atomic E-state index is 10.5. The molecule has 1 unspecified atom stereocenters. The smallest absolute Gasteiger partial charge is 0.274 e. The summed E-state index contributed by atoms with van der Waals surface area (Å²) >= 11 is 0.